The zero-order chi connectivity index (χ0) is 13.5. The second kappa shape index (κ2) is 7.19. The van der Waals surface area contributed by atoms with Crippen LogP contribution in [0.5, 0.6) is 0 Å². The minimum absolute atomic E-state index is 0.193. The molecular formula is C14H24N2O2. The standard InChI is InChI=1S/C14H24N2O2/c1-4-6-8-12-11(3)14(18)15-13(17)10-16(12)9-7-5-2/h4-10H2,1-3H3,(H,15,17,18). The van der Waals surface area contributed by atoms with E-state index in [2.05, 4.69) is 24.1 Å². The topological polar surface area (TPSA) is 49.4 Å². The van der Waals surface area contributed by atoms with E-state index in [1.54, 1.807) is 0 Å². The Bertz CT molecular complexity index is 348. The first-order valence-electron chi connectivity index (χ1n) is 6.89. The van der Waals surface area contributed by atoms with Crippen molar-refractivity contribution in [2.24, 2.45) is 0 Å². The molecule has 0 fully saturated rings. The normalized spacial score (nSPS) is 16.9. The molecule has 0 bridgehead atoms. The van der Waals surface area contributed by atoms with Crippen LogP contribution in [0.2, 0.25) is 0 Å². The van der Waals surface area contributed by atoms with Gasteiger partial charge in [-0.1, -0.05) is 26.7 Å². The Kier molecular flexibility index (Phi) is 5.89. The highest BCUT2D eigenvalue weighted by molar-refractivity contribution is 6.05. The van der Waals surface area contributed by atoms with Crippen LogP contribution < -0.4 is 5.32 Å². The van der Waals surface area contributed by atoms with Gasteiger partial charge in [-0.25, -0.2) is 0 Å². The van der Waals surface area contributed by atoms with Gasteiger partial charge in [-0.15, -0.1) is 0 Å². The SMILES string of the molecule is CCCCC1=C(C)C(=O)NC(=O)CN1CCCC. The van der Waals surface area contributed by atoms with Crippen LogP contribution >= 0.6 is 0 Å². The summed E-state index contributed by atoms with van der Waals surface area (Å²) >= 11 is 0. The maximum atomic E-state index is 11.8. The molecule has 0 spiro atoms. The second-order valence-electron chi connectivity index (χ2n) is 4.83. The maximum Gasteiger partial charge on any atom is 0.255 e. The van der Waals surface area contributed by atoms with Crippen molar-refractivity contribution in [3.63, 3.8) is 0 Å². The summed E-state index contributed by atoms with van der Waals surface area (Å²) in [5.41, 5.74) is 1.75. The molecule has 0 saturated carbocycles. The van der Waals surface area contributed by atoms with E-state index in [-0.39, 0.29) is 11.8 Å². The zero-order valence-electron chi connectivity index (χ0n) is 11.7. The Hall–Kier alpha value is -1.32. The number of amides is 2. The molecule has 102 valence electrons. The third kappa shape index (κ3) is 3.86. The Labute approximate surface area is 109 Å². The Balaban J connectivity index is 2.91. The maximum absolute atomic E-state index is 11.8. The van der Waals surface area contributed by atoms with Crippen molar-refractivity contribution in [1.82, 2.24) is 10.2 Å². The van der Waals surface area contributed by atoms with Crippen LogP contribution in [-0.2, 0) is 9.59 Å². The highest BCUT2D eigenvalue weighted by Gasteiger charge is 2.24. The quantitative estimate of drug-likeness (QED) is 0.737. The summed E-state index contributed by atoms with van der Waals surface area (Å²) in [7, 11) is 0. The summed E-state index contributed by atoms with van der Waals surface area (Å²) < 4.78 is 0. The summed E-state index contributed by atoms with van der Waals surface area (Å²) in [6, 6.07) is 0. The van der Waals surface area contributed by atoms with E-state index in [1.165, 1.54) is 0 Å². The molecule has 1 heterocycles. The summed E-state index contributed by atoms with van der Waals surface area (Å²) in [5.74, 6) is -0.424. The minimum atomic E-state index is -0.231. The van der Waals surface area contributed by atoms with Crippen molar-refractivity contribution in [1.29, 1.82) is 0 Å². The molecule has 0 saturated heterocycles. The van der Waals surface area contributed by atoms with Gasteiger partial charge in [-0.3, -0.25) is 14.9 Å². The Morgan fingerprint density at radius 3 is 2.44 bits per heavy atom. The van der Waals surface area contributed by atoms with Gasteiger partial charge in [-0.05, 0) is 26.2 Å². The fraction of sp³-hybridized carbons (Fsp3) is 0.714. The highest BCUT2D eigenvalue weighted by atomic mass is 16.2. The van der Waals surface area contributed by atoms with Crippen molar-refractivity contribution in [2.45, 2.75) is 52.9 Å². The van der Waals surface area contributed by atoms with Crippen molar-refractivity contribution in [2.75, 3.05) is 13.1 Å². The van der Waals surface area contributed by atoms with Gasteiger partial charge in [0.1, 0.15) is 0 Å². The van der Waals surface area contributed by atoms with E-state index < -0.39 is 0 Å². The van der Waals surface area contributed by atoms with Crippen molar-refractivity contribution in [3.05, 3.63) is 11.3 Å². The third-order valence-corrected chi connectivity index (χ3v) is 3.29. The number of hydrogen-bond donors (Lipinski definition) is 1. The van der Waals surface area contributed by atoms with Crippen LogP contribution in [0.4, 0.5) is 0 Å². The van der Waals surface area contributed by atoms with E-state index in [9.17, 15) is 9.59 Å². The van der Waals surface area contributed by atoms with Crippen LogP contribution in [0.25, 0.3) is 0 Å². The molecule has 1 aliphatic rings. The zero-order valence-corrected chi connectivity index (χ0v) is 11.7. The molecule has 0 radical (unpaired) electrons. The van der Waals surface area contributed by atoms with Gasteiger partial charge >= 0.3 is 0 Å². The second-order valence-corrected chi connectivity index (χ2v) is 4.83. The first kappa shape index (κ1) is 14.7. The monoisotopic (exact) mass is 252 g/mol. The predicted molar refractivity (Wildman–Crippen MR) is 71.9 cm³/mol. The van der Waals surface area contributed by atoms with Gasteiger partial charge in [0.15, 0.2) is 0 Å². The van der Waals surface area contributed by atoms with Crippen LogP contribution in [0.1, 0.15) is 52.9 Å². The lowest BCUT2D eigenvalue weighted by molar-refractivity contribution is -0.128. The van der Waals surface area contributed by atoms with Crippen LogP contribution in [-0.4, -0.2) is 29.8 Å². The van der Waals surface area contributed by atoms with Gasteiger partial charge in [0.25, 0.3) is 5.91 Å². The molecule has 2 amide bonds. The Morgan fingerprint density at radius 2 is 1.83 bits per heavy atom. The molecule has 0 atom stereocenters. The van der Waals surface area contributed by atoms with Gasteiger partial charge in [0.2, 0.25) is 5.91 Å². The molecular weight excluding hydrogens is 228 g/mol. The molecule has 0 aromatic carbocycles. The molecule has 1 rings (SSSR count). The van der Waals surface area contributed by atoms with Crippen LogP contribution in [0.3, 0.4) is 0 Å². The lowest BCUT2D eigenvalue weighted by Crippen LogP contribution is -2.35. The predicted octanol–water partition coefficient (Wildman–Crippen LogP) is 2.21. The van der Waals surface area contributed by atoms with Crippen LogP contribution in [0.15, 0.2) is 11.3 Å². The lowest BCUT2D eigenvalue weighted by atomic mass is 10.1. The number of unbranched alkanes of at least 4 members (excludes halogenated alkanes) is 2. The number of carbonyl (C=O) groups is 2. The van der Waals surface area contributed by atoms with Gasteiger partial charge in [0.05, 0.1) is 6.54 Å². The van der Waals surface area contributed by atoms with E-state index >= 15 is 0 Å². The lowest BCUT2D eigenvalue weighted by Gasteiger charge is -2.26. The molecule has 4 nitrogen and oxygen atoms in total. The average molecular weight is 252 g/mol. The highest BCUT2D eigenvalue weighted by Crippen LogP contribution is 2.20. The molecule has 1 N–H and O–H groups in total. The summed E-state index contributed by atoms with van der Waals surface area (Å²) in [6.07, 6.45) is 5.16. The average Bonchev–Trinajstić information content (AvgIpc) is 2.43. The van der Waals surface area contributed by atoms with Crippen molar-refractivity contribution < 1.29 is 9.59 Å². The first-order valence-corrected chi connectivity index (χ1v) is 6.89. The number of rotatable bonds is 6. The third-order valence-electron chi connectivity index (χ3n) is 3.29. The summed E-state index contributed by atoms with van der Waals surface area (Å²) in [4.78, 5) is 25.5. The van der Waals surface area contributed by atoms with Crippen LogP contribution in [0, 0.1) is 0 Å². The number of carbonyl (C=O) groups excluding carboxylic acids is 2. The fourth-order valence-corrected chi connectivity index (χ4v) is 2.15. The largest absolute Gasteiger partial charge is 0.365 e. The minimum Gasteiger partial charge on any atom is -0.365 e. The number of nitrogens with one attached hydrogen (secondary N) is 1. The van der Waals surface area contributed by atoms with Crippen molar-refractivity contribution in [3.8, 4) is 0 Å². The van der Waals surface area contributed by atoms with E-state index in [0.717, 1.165) is 44.3 Å². The Morgan fingerprint density at radius 1 is 1.17 bits per heavy atom. The number of nitrogens with zero attached hydrogens (tertiary/aromatic N) is 1. The van der Waals surface area contributed by atoms with Gasteiger partial charge in [-0.2, -0.15) is 0 Å². The number of hydrogen-bond acceptors (Lipinski definition) is 3. The molecule has 1 aliphatic heterocycles. The smallest absolute Gasteiger partial charge is 0.255 e. The van der Waals surface area contributed by atoms with Crippen molar-refractivity contribution >= 4 is 11.8 Å². The molecule has 4 heteroatoms. The molecule has 0 aliphatic carbocycles. The molecule has 18 heavy (non-hydrogen) atoms. The van der Waals surface area contributed by atoms with Gasteiger partial charge < -0.3 is 4.90 Å². The molecule has 0 aromatic heterocycles. The van der Waals surface area contributed by atoms with E-state index in [1.807, 2.05) is 6.92 Å². The summed E-state index contributed by atoms with van der Waals surface area (Å²) in [5, 5.41) is 2.43. The van der Waals surface area contributed by atoms with E-state index in [4.69, 9.17) is 0 Å². The molecule has 0 unspecified atom stereocenters. The fourth-order valence-electron chi connectivity index (χ4n) is 2.15. The number of allylic oxidation sites excluding steroid dienone is 1. The number of imide groups is 1. The van der Waals surface area contributed by atoms with Gasteiger partial charge in [0, 0.05) is 17.8 Å². The van der Waals surface area contributed by atoms with E-state index in [0.29, 0.717) is 12.1 Å². The first-order chi connectivity index (χ1) is 8.60. The molecule has 0 aromatic rings. The summed E-state index contributed by atoms with van der Waals surface area (Å²) in [6.45, 7) is 7.24.